The van der Waals surface area contributed by atoms with E-state index >= 15 is 0 Å². The third-order valence-electron chi connectivity index (χ3n) is 4.62. The number of benzene rings is 2. The van der Waals surface area contributed by atoms with Crippen molar-refractivity contribution in [2.24, 2.45) is 0 Å². The predicted octanol–water partition coefficient (Wildman–Crippen LogP) is 3.13. The Labute approximate surface area is 169 Å². The maximum Gasteiger partial charge on any atom is 0.322 e. The molecule has 0 unspecified atom stereocenters. The Morgan fingerprint density at radius 2 is 1.83 bits per heavy atom. The highest BCUT2D eigenvalue weighted by molar-refractivity contribution is 5.89. The predicted molar refractivity (Wildman–Crippen MR) is 116 cm³/mol. The van der Waals surface area contributed by atoms with Crippen LogP contribution in [0.15, 0.2) is 59.4 Å². The molecule has 7 nitrogen and oxygen atoms in total. The number of pyridine rings is 1. The minimum atomic E-state index is -0.247. The van der Waals surface area contributed by atoms with E-state index in [9.17, 15) is 9.59 Å². The Bertz CT molecular complexity index is 1030. The molecule has 0 saturated heterocycles. The van der Waals surface area contributed by atoms with Gasteiger partial charge in [-0.05, 0) is 50.5 Å². The lowest BCUT2D eigenvalue weighted by Gasteiger charge is -2.24. The molecule has 0 fully saturated rings. The SMILES string of the molecule is COc1ccc2[nH]c(=O)c(CN(CCN(C)C)C(=O)Nc3ccccc3)cc2c1. The van der Waals surface area contributed by atoms with Gasteiger partial charge in [0.1, 0.15) is 5.75 Å². The third-order valence-corrected chi connectivity index (χ3v) is 4.62. The van der Waals surface area contributed by atoms with Crippen LogP contribution in [0, 0.1) is 0 Å². The average Bonchev–Trinajstić information content (AvgIpc) is 2.71. The molecule has 2 amide bonds. The number of rotatable bonds is 7. The molecule has 2 aromatic carbocycles. The number of hydrogen-bond donors (Lipinski definition) is 2. The first kappa shape index (κ1) is 20.4. The first-order valence-electron chi connectivity index (χ1n) is 9.42. The van der Waals surface area contributed by atoms with Gasteiger partial charge in [0.25, 0.3) is 5.56 Å². The second kappa shape index (κ2) is 9.25. The van der Waals surface area contributed by atoms with Gasteiger partial charge in [0.15, 0.2) is 0 Å². The summed E-state index contributed by atoms with van der Waals surface area (Å²) in [4.78, 5) is 32.0. The molecule has 152 valence electrons. The van der Waals surface area contributed by atoms with Crippen molar-refractivity contribution in [1.82, 2.24) is 14.8 Å². The van der Waals surface area contributed by atoms with Crippen LogP contribution < -0.4 is 15.6 Å². The van der Waals surface area contributed by atoms with Crippen molar-refractivity contribution in [2.75, 3.05) is 39.6 Å². The maximum atomic E-state index is 12.9. The highest BCUT2D eigenvalue weighted by atomic mass is 16.5. The van der Waals surface area contributed by atoms with Gasteiger partial charge in [-0.25, -0.2) is 4.79 Å². The van der Waals surface area contributed by atoms with E-state index in [-0.39, 0.29) is 18.1 Å². The number of H-pyrrole nitrogens is 1. The van der Waals surface area contributed by atoms with Crippen molar-refractivity contribution >= 4 is 22.6 Å². The standard InChI is InChI=1S/C22H26N4O3/c1-25(2)11-12-26(22(28)23-18-7-5-4-6-8-18)15-17-13-16-14-19(29-3)9-10-20(16)24-21(17)27/h4-10,13-14H,11-12,15H2,1-3H3,(H,23,28)(H,24,27). The first-order chi connectivity index (χ1) is 14.0. The van der Waals surface area contributed by atoms with Crippen LogP contribution in [0.5, 0.6) is 5.75 Å². The lowest BCUT2D eigenvalue weighted by molar-refractivity contribution is 0.202. The summed E-state index contributed by atoms with van der Waals surface area (Å²) in [6.07, 6.45) is 0. The van der Waals surface area contributed by atoms with Crippen molar-refractivity contribution in [3.8, 4) is 5.75 Å². The molecule has 3 aromatic rings. The van der Waals surface area contributed by atoms with Gasteiger partial charge in [-0.15, -0.1) is 0 Å². The van der Waals surface area contributed by atoms with Crippen LogP contribution in [-0.4, -0.2) is 55.1 Å². The molecule has 0 aliphatic rings. The quantitative estimate of drug-likeness (QED) is 0.645. The number of urea groups is 1. The highest BCUT2D eigenvalue weighted by Gasteiger charge is 2.17. The number of methoxy groups -OCH3 is 1. The van der Waals surface area contributed by atoms with Gasteiger partial charge in [0, 0.05) is 35.2 Å². The Kier molecular flexibility index (Phi) is 6.51. The molecule has 7 heteroatoms. The second-order valence-corrected chi connectivity index (χ2v) is 7.10. The van der Waals surface area contributed by atoms with Crippen molar-refractivity contribution in [3.05, 3.63) is 70.5 Å². The highest BCUT2D eigenvalue weighted by Crippen LogP contribution is 2.19. The molecule has 0 radical (unpaired) electrons. The zero-order valence-corrected chi connectivity index (χ0v) is 16.9. The molecule has 0 saturated carbocycles. The van der Waals surface area contributed by atoms with Crippen molar-refractivity contribution in [1.29, 1.82) is 0 Å². The molecular weight excluding hydrogens is 368 g/mol. The van der Waals surface area contributed by atoms with Gasteiger partial charge < -0.3 is 24.8 Å². The van der Waals surface area contributed by atoms with Gasteiger partial charge in [-0.3, -0.25) is 4.79 Å². The number of anilines is 1. The number of amides is 2. The number of nitrogens with zero attached hydrogens (tertiary/aromatic N) is 2. The summed E-state index contributed by atoms with van der Waals surface area (Å²) in [5.74, 6) is 0.710. The van der Waals surface area contributed by atoms with Crippen LogP contribution in [0.2, 0.25) is 0 Å². The number of ether oxygens (including phenoxy) is 1. The molecule has 0 bridgehead atoms. The summed E-state index contributed by atoms with van der Waals surface area (Å²) in [6, 6.07) is 16.3. The molecule has 0 aliphatic carbocycles. The fourth-order valence-corrected chi connectivity index (χ4v) is 2.98. The van der Waals surface area contributed by atoms with Crippen LogP contribution in [0.3, 0.4) is 0 Å². The molecule has 3 rings (SSSR count). The van der Waals surface area contributed by atoms with Crippen molar-refractivity contribution in [2.45, 2.75) is 6.54 Å². The number of para-hydroxylation sites is 1. The normalized spacial score (nSPS) is 10.9. The molecule has 1 heterocycles. The summed E-state index contributed by atoms with van der Waals surface area (Å²) < 4.78 is 5.27. The second-order valence-electron chi connectivity index (χ2n) is 7.10. The van der Waals surface area contributed by atoms with Gasteiger partial charge in [-0.1, -0.05) is 18.2 Å². The van der Waals surface area contributed by atoms with E-state index in [1.54, 1.807) is 18.1 Å². The molecule has 0 aliphatic heterocycles. The van der Waals surface area contributed by atoms with Gasteiger partial charge in [-0.2, -0.15) is 0 Å². The number of aromatic nitrogens is 1. The fourth-order valence-electron chi connectivity index (χ4n) is 2.98. The van der Waals surface area contributed by atoms with Gasteiger partial charge in [0.2, 0.25) is 0 Å². The van der Waals surface area contributed by atoms with Crippen LogP contribution in [0.1, 0.15) is 5.56 Å². The number of aromatic amines is 1. The molecule has 1 aromatic heterocycles. The van der Waals surface area contributed by atoms with Crippen LogP contribution in [0.25, 0.3) is 10.9 Å². The zero-order valence-electron chi connectivity index (χ0n) is 16.9. The third kappa shape index (κ3) is 5.36. The Morgan fingerprint density at radius 3 is 2.52 bits per heavy atom. The fraction of sp³-hybridized carbons (Fsp3) is 0.273. The monoisotopic (exact) mass is 394 g/mol. The van der Waals surface area contributed by atoms with E-state index in [1.807, 2.05) is 67.5 Å². The molecule has 2 N–H and O–H groups in total. The number of nitrogens with one attached hydrogen (secondary N) is 2. The minimum Gasteiger partial charge on any atom is -0.497 e. The summed E-state index contributed by atoms with van der Waals surface area (Å²) in [7, 11) is 5.50. The largest absolute Gasteiger partial charge is 0.497 e. The number of fused-ring (bicyclic) bond motifs is 1. The van der Waals surface area contributed by atoms with E-state index in [1.165, 1.54) is 0 Å². The van der Waals surface area contributed by atoms with Gasteiger partial charge in [0.05, 0.1) is 13.7 Å². The van der Waals surface area contributed by atoms with Gasteiger partial charge >= 0.3 is 6.03 Å². The summed E-state index contributed by atoms with van der Waals surface area (Å²) >= 11 is 0. The van der Waals surface area contributed by atoms with E-state index in [4.69, 9.17) is 4.74 Å². The molecule has 29 heavy (non-hydrogen) atoms. The lowest BCUT2D eigenvalue weighted by atomic mass is 10.1. The van der Waals surface area contributed by atoms with Crippen molar-refractivity contribution < 1.29 is 9.53 Å². The lowest BCUT2D eigenvalue weighted by Crippen LogP contribution is -2.40. The van der Waals surface area contributed by atoms with E-state index in [0.717, 1.165) is 10.9 Å². The maximum absolute atomic E-state index is 12.9. The zero-order chi connectivity index (χ0) is 20.8. The number of carbonyl (C=O) groups is 1. The van der Waals surface area contributed by atoms with E-state index < -0.39 is 0 Å². The Balaban J connectivity index is 1.86. The summed E-state index contributed by atoms with van der Waals surface area (Å²) in [5, 5.41) is 3.75. The van der Waals surface area contributed by atoms with E-state index in [0.29, 0.717) is 30.1 Å². The number of likely N-dealkylation sites (N-methyl/N-ethyl adjacent to an activating group) is 1. The number of carbonyl (C=O) groups excluding carboxylic acids is 1. The van der Waals surface area contributed by atoms with Crippen molar-refractivity contribution in [3.63, 3.8) is 0 Å². The Morgan fingerprint density at radius 1 is 1.07 bits per heavy atom. The molecular formula is C22H26N4O3. The number of hydrogen-bond acceptors (Lipinski definition) is 4. The van der Waals surface area contributed by atoms with Crippen LogP contribution >= 0.6 is 0 Å². The summed E-state index contributed by atoms with van der Waals surface area (Å²) in [5.41, 5.74) is 1.76. The molecule has 0 atom stereocenters. The van der Waals surface area contributed by atoms with Crippen LogP contribution in [-0.2, 0) is 6.54 Å². The molecule has 0 spiro atoms. The average molecular weight is 394 g/mol. The summed E-state index contributed by atoms with van der Waals surface area (Å²) in [6.45, 7) is 1.37. The topological polar surface area (TPSA) is 77.7 Å². The van der Waals surface area contributed by atoms with E-state index in [2.05, 4.69) is 10.3 Å². The Hall–Kier alpha value is -3.32. The minimum absolute atomic E-state index is 0.203. The van der Waals surface area contributed by atoms with Crippen LogP contribution in [0.4, 0.5) is 10.5 Å². The first-order valence-corrected chi connectivity index (χ1v) is 9.42. The smallest absolute Gasteiger partial charge is 0.322 e.